The number of H-pyrrole nitrogens is 1. The lowest BCUT2D eigenvalue weighted by Crippen LogP contribution is -2.18. The van der Waals surface area contributed by atoms with E-state index in [1.807, 2.05) is 11.8 Å². The predicted octanol–water partition coefficient (Wildman–Crippen LogP) is 2.72. The number of thioether (sulfide) groups is 1. The molecular weight excluding hydrogens is 226 g/mol. The van der Waals surface area contributed by atoms with E-state index in [2.05, 4.69) is 11.1 Å². The summed E-state index contributed by atoms with van der Waals surface area (Å²) in [6.45, 7) is 0. The van der Waals surface area contributed by atoms with Gasteiger partial charge in [0.2, 0.25) is 0 Å². The van der Waals surface area contributed by atoms with E-state index >= 15 is 0 Å². The van der Waals surface area contributed by atoms with Gasteiger partial charge in [-0.1, -0.05) is 28.7 Å². The molecule has 1 aromatic heterocycles. The van der Waals surface area contributed by atoms with Gasteiger partial charge in [-0.25, -0.2) is 0 Å². The molecular formula is C11H11NOS2. The Labute approximate surface area is 95.8 Å². The molecule has 3 atom stereocenters. The first kappa shape index (κ1) is 8.65. The minimum atomic E-state index is 0.0941. The highest BCUT2D eigenvalue weighted by Gasteiger charge is 2.45. The molecule has 0 radical (unpaired) electrons. The van der Waals surface area contributed by atoms with Gasteiger partial charge in [0.1, 0.15) is 0 Å². The maximum absolute atomic E-state index is 11.3. The molecule has 4 rings (SSSR count). The molecule has 2 aliphatic carbocycles. The highest BCUT2D eigenvalue weighted by molar-refractivity contribution is 8.00. The Hall–Kier alpha value is -0.480. The van der Waals surface area contributed by atoms with Gasteiger partial charge in [-0.05, 0) is 37.2 Å². The maximum atomic E-state index is 11.3. The van der Waals surface area contributed by atoms with E-state index in [4.69, 9.17) is 0 Å². The first-order chi connectivity index (χ1) is 7.31. The average molecular weight is 237 g/mol. The van der Waals surface area contributed by atoms with Gasteiger partial charge in [0.25, 0.3) is 0 Å². The van der Waals surface area contributed by atoms with Crippen molar-refractivity contribution >= 4 is 29.2 Å². The number of rotatable bonds is 0. The molecule has 2 saturated carbocycles. The van der Waals surface area contributed by atoms with Crippen molar-refractivity contribution in [1.82, 2.24) is 4.98 Å². The molecule has 0 aromatic carbocycles. The number of hydrogen-bond acceptors (Lipinski definition) is 3. The summed E-state index contributed by atoms with van der Waals surface area (Å²) in [4.78, 5) is 15.5. The van der Waals surface area contributed by atoms with Crippen molar-refractivity contribution in [2.45, 2.75) is 29.5 Å². The van der Waals surface area contributed by atoms with E-state index in [1.54, 1.807) is 5.57 Å². The van der Waals surface area contributed by atoms with Crippen molar-refractivity contribution in [2.75, 3.05) is 0 Å². The molecule has 2 heterocycles. The topological polar surface area (TPSA) is 32.9 Å². The van der Waals surface area contributed by atoms with Crippen LogP contribution in [0, 0.1) is 11.8 Å². The number of thiazole rings is 1. The van der Waals surface area contributed by atoms with Gasteiger partial charge in [-0.2, -0.15) is 0 Å². The molecule has 4 heteroatoms. The molecule has 2 bridgehead atoms. The van der Waals surface area contributed by atoms with Gasteiger partial charge >= 0.3 is 4.87 Å². The third kappa shape index (κ3) is 1.09. The SMILES string of the molecule is O=c1[nH]c2c(s1)C=C1[C@H]3CC[C@@H](C3)[C@H]1S2. The average Bonchev–Trinajstić information content (AvgIpc) is 2.85. The van der Waals surface area contributed by atoms with Gasteiger partial charge < -0.3 is 4.98 Å². The van der Waals surface area contributed by atoms with E-state index in [9.17, 15) is 4.79 Å². The molecule has 2 fully saturated rings. The van der Waals surface area contributed by atoms with Crippen LogP contribution >= 0.6 is 23.1 Å². The molecule has 0 amide bonds. The molecule has 78 valence electrons. The fourth-order valence-corrected chi connectivity index (χ4v) is 5.69. The van der Waals surface area contributed by atoms with Gasteiger partial charge in [0, 0.05) is 5.25 Å². The number of aromatic nitrogens is 1. The van der Waals surface area contributed by atoms with Crippen LogP contribution in [0.25, 0.3) is 6.08 Å². The fraction of sp³-hybridized carbons (Fsp3) is 0.545. The van der Waals surface area contributed by atoms with Crippen molar-refractivity contribution in [3.8, 4) is 0 Å². The second-order valence-corrected chi connectivity index (χ2v) is 6.83. The summed E-state index contributed by atoms with van der Waals surface area (Å²) in [6.07, 6.45) is 6.46. The maximum Gasteiger partial charge on any atom is 0.305 e. The van der Waals surface area contributed by atoms with Gasteiger partial charge in [-0.15, -0.1) is 0 Å². The van der Waals surface area contributed by atoms with Crippen molar-refractivity contribution in [3.63, 3.8) is 0 Å². The fourth-order valence-electron chi connectivity index (χ4n) is 3.25. The van der Waals surface area contributed by atoms with Crippen LogP contribution in [0.3, 0.4) is 0 Å². The lowest BCUT2D eigenvalue weighted by Gasteiger charge is -2.27. The quantitative estimate of drug-likeness (QED) is 0.752. The zero-order valence-electron chi connectivity index (χ0n) is 8.16. The summed E-state index contributed by atoms with van der Waals surface area (Å²) in [5.41, 5.74) is 1.62. The summed E-state index contributed by atoms with van der Waals surface area (Å²) in [5.74, 6) is 1.71. The molecule has 1 N–H and O–H groups in total. The lowest BCUT2D eigenvalue weighted by molar-refractivity contribution is 0.573. The number of fused-ring (bicyclic) bond motifs is 6. The van der Waals surface area contributed by atoms with Crippen molar-refractivity contribution in [1.29, 1.82) is 0 Å². The predicted molar refractivity (Wildman–Crippen MR) is 63.4 cm³/mol. The van der Waals surface area contributed by atoms with Crippen LogP contribution in [0.4, 0.5) is 0 Å². The highest BCUT2D eigenvalue weighted by atomic mass is 32.2. The zero-order chi connectivity index (χ0) is 9.99. The molecule has 1 aliphatic heterocycles. The first-order valence-electron chi connectivity index (χ1n) is 5.42. The zero-order valence-corrected chi connectivity index (χ0v) is 9.79. The van der Waals surface area contributed by atoms with E-state index in [0.717, 1.165) is 16.9 Å². The number of hydrogen-bond donors (Lipinski definition) is 1. The summed E-state index contributed by atoms with van der Waals surface area (Å²) in [5, 5.41) is 1.80. The molecule has 0 saturated heterocycles. The van der Waals surface area contributed by atoms with Crippen LogP contribution in [0.1, 0.15) is 24.1 Å². The minimum absolute atomic E-state index is 0.0941. The monoisotopic (exact) mass is 237 g/mol. The molecule has 0 spiro atoms. The largest absolute Gasteiger partial charge is 0.307 e. The van der Waals surface area contributed by atoms with Crippen LogP contribution in [0.2, 0.25) is 0 Å². The molecule has 3 aliphatic rings. The van der Waals surface area contributed by atoms with Crippen molar-refractivity contribution in [2.24, 2.45) is 11.8 Å². The van der Waals surface area contributed by atoms with Crippen molar-refractivity contribution < 1.29 is 0 Å². The first-order valence-corrected chi connectivity index (χ1v) is 7.12. The highest BCUT2D eigenvalue weighted by Crippen LogP contribution is 2.57. The van der Waals surface area contributed by atoms with E-state index in [0.29, 0.717) is 5.25 Å². The normalized spacial score (nSPS) is 36.3. The Morgan fingerprint density at radius 1 is 1.40 bits per heavy atom. The minimum Gasteiger partial charge on any atom is -0.307 e. The Morgan fingerprint density at radius 2 is 2.33 bits per heavy atom. The van der Waals surface area contributed by atoms with E-state index in [-0.39, 0.29) is 4.87 Å². The summed E-state index contributed by atoms with van der Waals surface area (Å²) in [6, 6.07) is 0. The lowest BCUT2D eigenvalue weighted by atomic mass is 9.93. The van der Waals surface area contributed by atoms with Crippen LogP contribution in [-0.2, 0) is 0 Å². The third-order valence-electron chi connectivity index (χ3n) is 3.89. The van der Waals surface area contributed by atoms with E-state index in [1.165, 1.54) is 35.5 Å². The third-order valence-corrected chi connectivity index (χ3v) is 6.31. The number of nitrogens with one attached hydrogen (secondary N) is 1. The second-order valence-electron chi connectivity index (χ2n) is 4.66. The second kappa shape index (κ2) is 2.80. The Morgan fingerprint density at radius 3 is 3.27 bits per heavy atom. The summed E-state index contributed by atoms with van der Waals surface area (Å²) >= 11 is 3.26. The standard InChI is InChI=1S/C11H11NOS2/c13-11-12-10-8(14-11)4-7-5-1-2-6(3-5)9(7)15-10/h4-6,9H,1-3H2,(H,12,13)/t5-,6-,9+/m0/s1. The molecule has 15 heavy (non-hydrogen) atoms. The van der Waals surface area contributed by atoms with Gasteiger partial charge in [0.05, 0.1) is 9.90 Å². The molecule has 2 nitrogen and oxygen atoms in total. The van der Waals surface area contributed by atoms with Crippen molar-refractivity contribution in [3.05, 3.63) is 20.1 Å². The Balaban J connectivity index is 1.88. The molecule has 0 unspecified atom stereocenters. The molecule has 1 aromatic rings. The van der Waals surface area contributed by atoms with Gasteiger partial charge in [-0.3, -0.25) is 4.79 Å². The summed E-state index contributed by atoms with van der Waals surface area (Å²) in [7, 11) is 0. The van der Waals surface area contributed by atoms with Gasteiger partial charge in [0.15, 0.2) is 0 Å². The van der Waals surface area contributed by atoms with Crippen LogP contribution in [0.15, 0.2) is 15.4 Å². The Bertz CT molecular complexity index is 513. The smallest absolute Gasteiger partial charge is 0.305 e. The van der Waals surface area contributed by atoms with Crippen LogP contribution in [0.5, 0.6) is 0 Å². The van der Waals surface area contributed by atoms with Crippen LogP contribution in [-0.4, -0.2) is 10.2 Å². The van der Waals surface area contributed by atoms with Crippen LogP contribution < -0.4 is 4.87 Å². The Kier molecular flexibility index (Phi) is 1.61. The van der Waals surface area contributed by atoms with E-state index < -0.39 is 0 Å². The number of aromatic amines is 1. The summed E-state index contributed by atoms with van der Waals surface area (Å²) < 4.78 is 0.